The average molecular weight is 506 g/mol. The highest BCUT2D eigenvalue weighted by Gasteiger charge is 2.47. The Labute approximate surface area is 207 Å². The Kier molecular flexibility index (Phi) is 7.36. The molecule has 4 rings (SSSR count). The molecule has 0 bridgehead atoms. The Hall–Kier alpha value is -2.74. The fraction of sp³-hybridized carbons (Fsp3) is 0.360. The number of carbonyl (C=O) groups is 2. The fourth-order valence-corrected chi connectivity index (χ4v) is 5.05. The summed E-state index contributed by atoms with van der Waals surface area (Å²) < 4.78 is 16.5. The lowest BCUT2D eigenvalue weighted by Gasteiger charge is -2.27. The number of aliphatic hydroxyl groups is 1. The van der Waals surface area contributed by atoms with Crippen molar-refractivity contribution in [3.8, 4) is 11.5 Å². The molecule has 2 aliphatic rings. The second kappa shape index (κ2) is 10.3. The van der Waals surface area contributed by atoms with Crippen LogP contribution in [0.5, 0.6) is 11.5 Å². The van der Waals surface area contributed by atoms with Crippen LogP contribution in [0, 0.1) is 0 Å². The van der Waals surface area contributed by atoms with Crippen molar-refractivity contribution in [2.45, 2.75) is 31.9 Å². The number of halogens is 2. The summed E-state index contributed by atoms with van der Waals surface area (Å²) in [6.07, 6.45) is 1.50. The number of ether oxygens (including phenoxy) is 3. The Bertz CT molecular complexity index is 1120. The van der Waals surface area contributed by atoms with Crippen molar-refractivity contribution < 1.29 is 28.9 Å². The third-order valence-electron chi connectivity index (χ3n) is 5.92. The molecule has 34 heavy (non-hydrogen) atoms. The molecule has 2 aromatic carbocycles. The first kappa shape index (κ1) is 24.4. The molecule has 2 saturated heterocycles. The third-order valence-corrected chi connectivity index (χ3v) is 6.49. The van der Waals surface area contributed by atoms with Crippen molar-refractivity contribution in [3.63, 3.8) is 0 Å². The molecule has 0 aliphatic carbocycles. The number of amides is 1. The Morgan fingerprint density at radius 2 is 1.94 bits per heavy atom. The third kappa shape index (κ3) is 4.60. The SMILES string of the molecule is CCOc1cccc(C2/C(=C(\O)c3cc(Cl)c(OC)c(Cl)c3)C(=O)C(=O)N2CC2CCCO2)c1. The van der Waals surface area contributed by atoms with E-state index in [2.05, 4.69) is 0 Å². The number of Topliss-reactive ketones (excluding diaryl/α,β-unsaturated/α-hetero) is 1. The van der Waals surface area contributed by atoms with Gasteiger partial charge in [0, 0.05) is 18.7 Å². The zero-order valence-corrected chi connectivity index (χ0v) is 20.4. The molecule has 7 nitrogen and oxygen atoms in total. The molecule has 2 aliphatic heterocycles. The highest BCUT2D eigenvalue weighted by Crippen LogP contribution is 2.43. The van der Waals surface area contributed by atoms with Gasteiger partial charge in [0.05, 0.1) is 41.5 Å². The van der Waals surface area contributed by atoms with Crippen molar-refractivity contribution in [1.29, 1.82) is 0 Å². The van der Waals surface area contributed by atoms with E-state index in [0.717, 1.165) is 12.8 Å². The summed E-state index contributed by atoms with van der Waals surface area (Å²) in [6, 6.07) is 9.21. The molecule has 2 atom stereocenters. The minimum absolute atomic E-state index is 0.0473. The smallest absolute Gasteiger partial charge is 0.295 e. The van der Waals surface area contributed by atoms with Crippen LogP contribution in [0.2, 0.25) is 10.0 Å². The lowest BCUT2D eigenvalue weighted by Crippen LogP contribution is -2.36. The number of aliphatic hydroxyl groups excluding tert-OH is 1. The molecular weight excluding hydrogens is 481 g/mol. The van der Waals surface area contributed by atoms with Gasteiger partial charge in [0.15, 0.2) is 5.75 Å². The number of methoxy groups -OCH3 is 1. The van der Waals surface area contributed by atoms with Crippen LogP contribution in [0.4, 0.5) is 0 Å². The summed E-state index contributed by atoms with van der Waals surface area (Å²) in [6.45, 7) is 3.17. The number of ketones is 1. The van der Waals surface area contributed by atoms with E-state index in [1.54, 1.807) is 24.3 Å². The van der Waals surface area contributed by atoms with Crippen LogP contribution in [0.15, 0.2) is 42.0 Å². The summed E-state index contributed by atoms with van der Waals surface area (Å²) in [7, 11) is 1.43. The normalized spacial score (nSPS) is 21.8. The van der Waals surface area contributed by atoms with E-state index in [1.807, 2.05) is 6.92 Å². The van der Waals surface area contributed by atoms with E-state index < -0.39 is 17.7 Å². The highest BCUT2D eigenvalue weighted by molar-refractivity contribution is 6.46. The van der Waals surface area contributed by atoms with Gasteiger partial charge in [-0.3, -0.25) is 9.59 Å². The van der Waals surface area contributed by atoms with Crippen molar-refractivity contribution in [2.24, 2.45) is 0 Å². The summed E-state index contributed by atoms with van der Waals surface area (Å²) in [5.41, 5.74) is 0.793. The number of hydrogen-bond acceptors (Lipinski definition) is 6. The van der Waals surface area contributed by atoms with Crippen LogP contribution >= 0.6 is 23.2 Å². The Morgan fingerprint density at radius 1 is 1.21 bits per heavy atom. The molecule has 1 N–H and O–H groups in total. The molecule has 2 aromatic rings. The molecule has 0 saturated carbocycles. The Morgan fingerprint density at radius 3 is 2.56 bits per heavy atom. The van der Waals surface area contributed by atoms with E-state index in [4.69, 9.17) is 37.4 Å². The van der Waals surface area contributed by atoms with Gasteiger partial charge in [-0.25, -0.2) is 0 Å². The lowest BCUT2D eigenvalue weighted by molar-refractivity contribution is -0.140. The quantitative estimate of drug-likeness (QED) is 0.323. The van der Waals surface area contributed by atoms with Gasteiger partial charge in [-0.1, -0.05) is 35.3 Å². The number of hydrogen-bond donors (Lipinski definition) is 1. The van der Waals surface area contributed by atoms with Gasteiger partial charge in [0.2, 0.25) is 0 Å². The minimum atomic E-state index is -0.829. The van der Waals surface area contributed by atoms with E-state index in [1.165, 1.54) is 24.1 Å². The second-order valence-electron chi connectivity index (χ2n) is 8.07. The molecular formula is C25H25Cl2NO6. The molecule has 2 heterocycles. The average Bonchev–Trinajstić information content (AvgIpc) is 3.41. The van der Waals surface area contributed by atoms with Crippen LogP contribution in [0.3, 0.4) is 0 Å². The zero-order chi connectivity index (χ0) is 24.4. The van der Waals surface area contributed by atoms with Gasteiger partial charge in [-0.15, -0.1) is 0 Å². The molecule has 180 valence electrons. The van der Waals surface area contributed by atoms with Gasteiger partial charge in [-0.2, -0.15) is 0 Å². The topological polar surface area (TPSA) is 85.3 Å². The van der Waals surface area contributed by atoms with Crippen molar-refractivity contribution in [3.05, 3.63) is 63.1 Å². The molecule has 1 amide bonds. The first-order chi connectivity index (χ1) is 16.3. The lowest BCUT2D eigenvalue weighted by atomic mass is 9.95. The van der Waals surface area contributed by atoms with Crippen LogP contribution in [0.25, 0.3) is 5.76 Å². The summed E-state index contributed by atoms with van der Waals surface area (Å²) in [4.78, 5) is 27.8. The summed E-state index contributed by atoms with van der Waals surface area (Å²) >= 11 is 12.5. The number of carbonyl (C=O) groups excluding carboxylic acids is 2. The van der Waals surface area contributed by atoms with Gasteiger partial charge in [-0.05, 0) is 49.6 Å². The molecule has 2 fully saturated rings. The highest BCUT2D eigenvalue weighted by atomic mass is 35.5. The Balaban J connectivity index is 1.85. The van der Waals surface area contributed by atoms with Crippen molar-refractivity contribution in [2.75, 3.05) is 26.9 Å². The maximum Gasteiger partial charge on any atom is 0.295 e. The molecule has 2 unspecified atom stereocenters. The largest absolute Gasteiger partial charge is 0.507 e. The second-order valence-corrected chi connectivity index (χ2v) is 8.88. The number of rotatable bonds is 7. The predicted octanol–water partition coefficient (Wildman–Crippen LogP) is 5.00. The van der Waals surface area contributed by atoms with Gasteiger partial charge in [0.1, 0.15) is 11.5 Å². The van der Waals surface area contributed by atoms with E-state index in [-0.39, 0.29) is 45.3 Å². The number of nitrogens with zero attached hydrogens (tertiary/aromatic N) is 1. The van der Waals surface area contributed by atoms with Crippen LogP contribution in [-0.2, 0) is 14.3 Å². The summed E-state index contributed by atoms with van der Waals surface area (Å²) in [5.74, 6) is -1.01. The molecule has 0 radical (unpaired) electrons. The van der Waals surface area contributed by atoms with Crippen LogP contribution < -0.4 is 9.47 Å². The maximum absolute atomic E-state index is 13.2. The number of benzene rings is 2. The van der Waals surface area contributed by atoms with Crippen LogP contribution in [-0.4, -0.2) is 54.7 Å². The van der Waals surface area contributed by atoms with E-state index in [0.29, 0.717) is 24.5 Å². The molecule has 0 aromatic heterocycles. The predicted molar refractivity (Wildman–Crippen MR) is 129 cm³/mol. The standard InChI is InChI=1S/C25H25Cl2NO6/c1-3-33-16-7-4-6-14(10-16)21-20(22(29)15-11-18(26)24(32-2)19(27)12-15)23(30)25(31)28(21)13-17-8-5-9-34-17/h4,6-7,10-12,17,21,29H,3,5,8-9,13H2,1-2H3/b22-20+. The monoisotopic (exact) mass is 505 g/mol. The first-order valence-electron chi connectivity index (χ1n) is 11.0. The zero-order valence-electron chi connectivity index (χ0n) is 18.8. The number of likely N-dealkylation sites (tertiary alicyclic amines) is 1. The van der Waals surface area contributed by atoms with Crippen molar-refractivity contribution in [1.82, 2.24) is 4.90 Å². The molecule has 0 spiro atoms. The molecule has 9 heteroatoms. The minimum Gasteiger partial charge on any atom is -0.507 e. The first-order valence-corrected chi connectivity index (χ1v) is 11.8. The maximum atomic E-state index is 13.2. The van der Waals surface area contributed by atoms with E-state index >= 15 is 0 Å². The van der Waals surface area contributed by atoms with Crippen molar-refractivity contribution >= 4 is 40.7 Å². The van der Waals surface area contributed by atoms with Crippen LogP contribution in [0.1, 0.15) is 36.9 Å². The van der Waals surface area contributed by atoms with E-state index in [9.17, 15) is 14.7 Å². The van der Waals surface area contributed by atoms with Gasteiger partial charge < -0.3 is 24.2 Å². The fourth-order valence-electron chi connectivity index (χ4n) is 4.41. The summed E-state index contributed by atoms with van der Waals surface area (Å²) in [5, 5.41) is 11.6. The van der Waals surface area contributed by atoms with Gasteiger partial charge >= 0.3 is 0 Å². The van der Waals surface area contributed by atoms with Gasteiger partial charge in [0.25, 0.3) is 11.7 Å².